The van der Waals surface area contributed by atoms with E-state index in [1.165, 1.54) is 38.5 Å². The number of esters is 1. The summed E-state index contributed by atoms with van der Waals surface area (Å²) in [6.45, 7) is 1.85. The predicted molar refractivity (Wildman–Crippen MR) is 91.0 cm³/mol. The Balaban J connectivity index is 2.43. The molecule has 0 saturated carbocycles. The van der Waals surface area contributed by atoms with E-state index < -0.39 is 16.1 Å². The first-order valence-electron chi connectivity index (χ1n) is 6.75. The summed E-state index contributed by atoms with van der Waals surface area (Å²) in [7, 11) is -1.52. The van der Waals surface area contributed by atoms with Gasteiger partial charge in [-0.25, -0.2) is 4.79 Å². The molecule has 128 valence electrons. The van der Waals surface area contributed by atoms with E-state index in [0.29, 0.717) is 10.2 Å². The Hall–Kier alpha value is -2.06. The van der Waals surface area contributed by atoms with Gasteiger partial charge in [-0.05, 0) is 58.7 Å². The second kappa shape index (κ2) is 7.23. The molecule has 6 nitrogen and oxygen atoms in total. The van der Waals surface area contributed by atoms with Crippen molar-refractivity contribution in [2.75, 3.05) is 14.2 Å². The summed E-state index contributed by atoms with van der Waals surface area (Å²) in [6, 6.07) is 8.82. The molecule has 0 aliphatic carbocycles. The number of carbonyl (C=O) groups excluding carboxylic acids is 1. The van der Waals surface area contributed by atoms with Crippen LogP contribution in [0.2, 0.25) is 0 Å². The van der Waals surface area contributed by atoms with Crippen LogP contribution in [-0.2, 0) is 14.9 Å². The van der Waals surface area contributed by atoms with Gasteiger partial charge in [0.2, 0.25) is 0 Å². The molecule has 0 saturated heterocycles. The number of carbonyl (C=O) groups is 1. The van der Waals surface area contributed by atoms with Gasteiger partial charge in [0.25, 0.3) is 0 Å². The molecule has 0 atom stereocenters. The Morgan fingerprint density at radius 1 is 1.04 bits per heavy atom. The monoisotopic (exact) mass is 414 g/mol. The lowest BCUT2D eigenvalue weighted by molar-refractivity contribution is 0.0599. The molecule has 24 heavy (non-hydrogen) atoms. The van der Waals surface area contributed by atoms with Crippen LogP contribution in [-0.4, -0.2) is 28.6 Å². The maximum absolute atomic E-state index is 12.5. The van der Waals surface area contributed by atoms with E-state index >= 15 is 0 Å². The van der Waals surface area contributed by atoms with Gasteiger partial charge in [-0.15, -0.1) is 0 Å². The molecule has 0 aromatic heterocycles. The van der Waals surface area contributed by atoms with Crippen LogP contribution in [0.5, 0.6) is 11.5 Å². The zero-order chi connectivity index (χ0) is 17.9. The lowest BCUT2D eigenvalue weighted by Crippen LogP contribution is -2.12. The molecular formula is C16H15BrO6S. The van der Waals surface area contributed by atoms with E-state index in [2.05, 4.69) is 20.7 Å². The molecule has 0 spiro atoms. The first-order valence-corrected chi connectivity index (χ1v) is 8.95. The van der Waals surface area contributed by atoms with Gasteiger partial charge in [-0.3, -0.25) is 0 Å². The molecule has 0 N–H and O–H groups in total. The highest BCUT2D eigenvalue weighted by Gasteiger charge is 2.22. The van der Waals surface area contributed by atoms with Gasteiger partial charge in [0.15, 0.2) is 11.5 Å². The van der Waals surface area contributed by atoms with Crippen LogP contribution >= 0.6 is 15.9 Å². The van der Waals surface area contributed by atoms with Gasteiger partial charge in [0.1, 0.15) is 4.90 Å². The summed E-state index contributed by atoms with van der Waals surface area (Å²) in [5, 5.41) is 0. The van der Waals surface area contributed by atoms with Crippen molar-refractivity contribution in [2.24, 2.45) is 0 Å². The maximum Gasteiger partial charge on any atom is 0.339 e. The van der Waals surface area contributed by atoms with E-state index in [9.17, 15) is 13.2 Å². The van der Waals surface area contributed by atoms with E-state index in [0.717, 1.165) is 5.56 Å². The molecule has 2 aromatic rings. The van der Waals surface area contributed by atoms with Crippen LogP contribution in [0.1, 0.15) is 15.9 Å². The van der Waals surface area contributed by atoms with Crippen molar-refractivity contribution in [3.63, 3.8) is 0 Å². The molecule has 0 aliphatic rings. The van der Waals surface area contributed by atoms with Gasteiger partial charge >= 0.3 is 16.1 Å². The van der Waals surface area contributed by atoms with Crippen LogP contribution in [0.15, 0.2) is 45.8 Å². The van der Waals surface area contributed by atoms with E-state index in [1.807, 2.05) is 6.92 Å². The number of aryl methyl sites for hydroxylation is 1. The zero-order valence-electron chi connectivity index (χ0n) is 13.2. The largest absolute Gasteiger partial charge is 0.493 e. The Bertz CT molecular complexity index is 876. The number of benzene rings is 2. The minimum absolute atomic E-state index is 0.0608. The molecule has 0 radical (unpaired) electrons. The number of halogens is 1. The predicted octanol–water partition coefficient (Wildman–Crippen LogP) is 3.32. The summed E-state index contributed by atoms with van der Waals surface area (Å²) in [4.78, 5) is 11.5. The second-order valence-corrected chi connectivity index (χ2v) is 7.23. The highest BCUT2D eigenvalue weighted by atomic mass is 79.9. The summed E-state index contributed by atoms with van der Waals surface area (Å²) in [6.07, 6.45) is 0. The fourth-order valence-corrected chi connectivity index (χ4v) is 3.31. The number of ether oxygens (including phenoxy) is 2. The van der Waals surface area contributed by atoms with Gasteiger partial charge in [0.05, 0.1) is 19.8 Å². The quantitative estimate of drug-likeness (QED) is 0.551. The number of hydrogen-bond donors (Lipinski definition) is 0. The number of rotatable bonds is 5. The Morgan fingerprint density at radius 2 is 1.75 bits per heavy atom. The first-order chi connectivity index (χ1) is 11.3. The van der Waals surface area contributed by atoms with Crippen molar-refractivity contribution in [2.45, 2.75) is 11.8 Å². The van der Waals surface area contributed by atoms with Crippen molar-refractivity contribution >= 4 is 32.0 Å². The molecule has 0 amide bonds. The molecule has 0 heterocycles. The van der Waals surface area contributed by atoms with Crippen LogP contribution in [0.25, 0.3) is 0 Å². The average molecular weight is 415 g/mol. The number of methoxy groups -OCH3 is 2. The van der Waals surface area contributed by atoms with Gasteiger partial charge in [-0.2, -0.15) is 8.42 Å². The standard InChI is InChI=1S/C16H15BrO6S/c1-10-4-7-14(15(8-10)21-2)23-24(19,20)11-5-6-13(17)12(9-11)16(18)22-3/h4-9H,1-3H3. The van der Waals surface area contributed by atoms with Crippen molar-refractivity contribution in [3.8, 4) is 11.5 Å². The highest BCUT2D eigenvalue weighted by Crippen LogP contribution is 2.31. The summed E-state index contributed by atoms with van der Waals surface area (Å²) < 4.78 is 40.3. The van der Waals surface area contributed by atoms with Crippen LogP contribution in [0.3, 0.4) is 0 Å². The van der Waals surface area contributed by atoms with Gasteiger partial charge in [0, 0.05) is 4.47 Å². The normalized spacial score (nSPS) is 11.0. The lowest BCUT2D eigenvalue weighted by Gasteiger charge is -2.12. The molecule has 2 rings (SSSR count). The molecular weight excluding hydrogens is 400 g/mol. The summed E-state index contributed by atoms with van der Waals surface area (Å²) >= 11 is 3.18. The SMILES string of the molecule is COC(=O)c1cc(S(=O)(=O)Oc2ccc(C)cc2OC)ccc1Br. The third-order valence-electron chi connectivity index (χ3n) is 3.15. The van der Waals surface area contributed by atoms with Crippen molar-refractivity contribution in [1.82, 2.24) is 0 Å². The molecule has 8 heteroatoms. The van der Waals surface area contributed by atoms with Gasteiger partial charge in [-0.1, -0.05) is 6.07 Å². The second-order valence-electron chi connectivity index (χ2n) is 4.83. The summed E-state index contributed by atoms with van der Waals surface area (Å²) in [5.74, 6) is -0.304. The first kappa shape index (κ1) is 18.3. The smallest absolute Gasteiger partial charge is 0.339 e. The minimum atomic E-state index is -4.15. The molecule has 0 unspecified atom stereocenters. The van der Waals surface area contributed by atoms with Crippen LogP contribution < -0.4 is 8.92 Å². The van der Waals surface area contributed by atoms with E-state index in [1.54, 1.807) is 12.1 Å². The third kappa shape index (κ3) is 3.88. The van der Waals surface area contributed by atoms with Gasteiger partial charge < -0.3 is 13.7 Å². The maximum atomic E-state index is 12.5. The fraction of sp³-hybridized carbons (Fsp3) is 0.188. The average Bonchev–Trinajstić information content (AvgIpc) is 2.55. The number of hydrogen-bond acceptors (Lipinski definition) is 6. The molecule has 0 fully saturated rings. The Kier molecular flexibility index (Phi) is 5.51. The fourth-order valence-electron chi connectivity index (χ4n) is 1.94. The van der Waals surface area contributed by atoms with Crippen molar-refractivity contribution in [3.05, 3.63) is 52.0 Å². The van der Waals surface area contributed by atoms with Crippen LogP contribution in [0.4, 0.5) is 0 Å². The highest BCUT2D eigenvalue weighted by molar-refractivity contribution is 9.10. The molecule has 0 aliphatic heterocycles. The molecule has 2 aromatic carbocycles. The minimum Gasteiger partial charge on any atom is -0.493 e. The van der Waals surface area contributed by atoms with Crippen molar-refractivity contribution in [1.29, 1.82) is 0 Å². The van der Waals surface area contributed by atoms with E-state index in [-0.39, 0.29) is 16.2 Å². The lowest BCUT2D eigenvalue weighted by atomic mass is 10.2. The van der Waals surface area contributed by atoms with E-state index in [4.69, 9.17) is 8.92 Å². The third-order valence-corrected chi connectivity index (χ3v) is 5.07. The Labute approximate surface area is 148 Å². The zero-order valence-corrected chi connectivity index (χ0v) is 15.6. The summed E-state index contributed by atoms with van der Waals surface area (Å²) in [5.41, 5.74) is 0.978. The topological polar surface area (TPSA) is 78.9 Å². The van der Waals surface area contributed by atoms with Crippen molar-refractivity contribution < 1.29 is 26.9 Å². The van der Waals surface area contributed by atoms with Crippen LogP contribution in [0, 0.1) is 6.92 Å². The molecule has 0 bridgehead atoms. The Morgan fingerprint density at radius 3 is 2.38 bits per heavy atom.